The van der Waals surface area contributed by atoms with E-state index in [1.165, 1.54) is 14.1 Å². The van der Waals surface area contributed by atoms with Crippen LogP contribution in [0.25, 0.3) is 0 Å². The second-order valence-corrected chi connectivity index (χ2v) is 7.09. The Kier molecular flexibility index (Phi) is 5.87. The lowest BCUT2D eigenvalue weighted by atomic mass is 10.1. The predicted molar refractivity (Wildman–Crippen MR) is 106 cm³/mol. The van der Waals surface area contributed by atoms with Gasteiger partial charge in [0.1, 0.15) is 17.1 Å². The Morgan fingerprint density at radius 3 is 2.52 bits per heavy atom. The summed E-state index contributed by atoms with van der Waals surface area (Å²) in [6.45, 7) is 0. The number of benzene rings is 1. The van der Waals surface area contributed by atoms with Gasteiger partial charge >= 0.3 is 5.69 Å². The zero-order chi connectivity index (χ0) is 21.1. The summed E-state index contributed by atoms with van der Waals surface area (Å²) in [4.78, 5) is 36.6. The quantitative estimate of drug-likeness (QED) is 0.433. The molecule has 2 heterocycles. The smallest absolute Gasteiger partial charge is 0.332 e. The summed E-state index contributed by atoms with van der Waals surface area (Å²) in [5.41, 5.74) is 5.18. The van der Waals surface area contributed by atoms with Crippen molar-refractivity contribution in [2.45, 2.75) is 11.6 Å². The number of carbonyl (C=O) groups excluding carboxylic acids is 1. The van der Waals surface area contributed by atoms with Crippen molar-refractivity contribution in [2.24, 2.45) is 14.1 Å². The van der Waals surface area contributed by atoms with Gasteiger partial charge in [-0.15, -0.1) is 10.2 Å². The Morgan fingerprint density at radius 2 is 1.86 bits per heavy atom. The standard InChI is InChI=1S/C18H19N5O5S/c1-22-15(19)14(16(25)23(2)18(22)26)12(24)9-29-17-21-20-13(28-17)8-10-4-6-11(27-3)7-5-10/h4-7H,8-9,19H2,1-3H3. The maximum atomic E-state index is 12.5. The third-order valence-corrected chi connectivity index (χ3v) is 5.10. The van der Waals surface area contributed by atoms with Gasteiger partial charge in [-0.3, -0.25) is 18.7 Å². The second kappa shape index (κ2) is 8.35. The number of ketones is 1. The van der Waals surface area contributed by atoms with Gasteiger partial charge in [0.2, 0.25) is 5.89 Å². The first-order valence-corrected chi connectivity index (χ1v) is 9.47. The number of nitrogens with two attached hydrogens (primary N) is 1. The summed E-state index contributed by atoms with van der Waals surface area (Å²) < 4.78 is 12.6. The molecule has 0 aliphatic carbocycles. The monoisotopic (exact) mass is 417 g/mol. The van der Waals surface area contributed by atoms with Gasteiger partial charge in [0.25, 0.3) is 10.8 Å². The summed E-state index contributed by atoms with van der Waals surface area (Å²) in [7, 11) is 4.28. The molecule has 0 unspecified atom stereocenters. The molecular formula is C18H19N5O5S. The number of rotatable bonds is 7. The predicted octanol–water partition coefficient (Wildman–Crippen LogP) is 0.624. The highest BCUT2D eigenvalue weighted by atomic mass is 32.2. The molecular weight excluding hydrogens is 398 g/mol. The van der Waals surface area contributed by atoms with Crippen molar-refractivity contribution >= 4 is 23.4 Å². The highest BCUT2D eigenvalue weighted by molar-refractivity contribution is 7.99. The van der Waals surface area contributed by atoms with E-state index in [1.54, 1.807) is 7.11 Å². The Morgan fingerprint density at radius 1 is 1.17 bits per heavy atom. The fraction of sp³-hybridized carbons (Fsp3) is 0.278. The second-order valence-electron chi connectivity index (χ2n) is 6.16. The molecule has 0 spiro atoms. The number of thioether (sulfide) groups is 1. The fourth-order valence-electron chi connectivity index (χ4n) is 2.61. The lowest BCUT2D eigenvalue weighted by Crippen LogP contribution is -2.41. The van der Waals surface area contributed by atoms with Crippen LogP contribution < -0.4 is 21.7 Å². The van der Waals surface area contributed by atoms with Gasteiger partial charge in [-0.2, -0.15) is 0 Å². The number of methoxy groups -OCH3 is 1. The van der Waals surface area contributed by atoms with E-state index >= 15 is 0 Å². The van der Waals surface area contributed by atoms with Crippen LogP contribution in [0.3, 0.4) is 0 Å². The SMILES string of the molecule is COc1ccc(Cc2nnc(SCC(=O)c3c(N)n(C)c(=O)n(C)c3=O)o2)cc1. The molecule has 2 aromatic heterocycles. The largest absolute Gasteiger partial charge is 0.497 e. The van der Waals surface area contributed by atoms with E-state index in [-0.39, 0.29) is 22.4 Å². The molecule has 2 N–H and O–H groups in total. The van der Waals surface area contributed by atoms with Crippen molar-refractivity contribution in [3.8, 4) is 5.75 Å². The summed E-state index contributed by atoms with van der Waals surface area (Å²) in [5, 5.41) is 8.07. The Bertz CT molecular complexity index is 1160. The first-order chi connectivity index (χ1) is 13.8. The van der Waals surface area contributed by atoms with Crippen LogP contribution in [0.5, 0.6) is 5.75 Å². The van der Waals surface area contributed by atoms with Gasteiger partial charge < -0.3 is 14.9 Å². The van der Waals surface area contributed by atoms with Crippen LogP contribution in [-0.4, -0.2) is 38.0 Å². The van der Waals surface area contributed by atoms with Crippen molar-refractivity contribution < 1.29 is 13.9 Å². The summed E-state index contributed by atoms with van der Waals surface area (Å²) in [5.74, 6) is 0.301. The molecule has 0 aliphatic rings. The molecule has 0 bridgehead atoms. The van der Waals surface area contributed by atoms with Gasteiger partial charge in [0, 0.05) is 14.1 Å². The summed E-state index contributed by atoms with van der Waals surface area (Å²) in [6.07, 6.45) is 0.430. The van der Waals surface area contributed by atoms with Gasteiger partial charge in [-0.25, -0.2) is 4.79 Å². The normalized spacial score (nSPS) is 10.9. The summed E-state index contributed by atoms with van der Waals surface area (Å²) >= 11 is 0.993. The van der Waals surface area contributed by atoms with Gasteiger partial charge in [0.15, 0.2) is 5.78 Å². The van der Waals surface area contributed by atoms with Crippen LogP contribution in [0.2, 0.25) is 0 Å². The number of hydrogen-bond acceptors (Lipinski definition) is 9. The maximum Gasteiger partial charge on any atom is 0.332 e. The van der Waals surface area contributed by atoms with Crippen LogP contribution in [0, 0.1) is 0 Å². The summed E-state index contributed by atoms with van der Waals surface area (Å²) in [6, 6.07) is 7.44. The third-order valence-electron chi connectivity index (χ3n) is 4.28. The highest BCUT2D eigenvalue weighted by Gasteiger charge is 2.21. The molecule has 0 fully saturated rings. The lowest BCUT2D eigenvalue weighted by Gasteiger charge is -2.10. The van der Waals surface area contributed by atoms with Crippen LogP contribution in [0.4, 0.5) is 5.82 Å². The molecule has 10 nitrogen and oxygen atoms in total. The van der Waals surface area contributed by atoms with Crippen LogP contribution in [0.1, 0.15) is 21.8 Å². The zero-order valence-corrected chi connectivity index (χ0v) is 16.9. The molecule has 29 heavy (non-hydrogen) atoms. The van der Waals surface area contributed by atoms with Crippen molar-refractivity contribution in [1.82, 2.24) is 19.3 Å². The Labute approximate surface area is 169 Å². The van der Waals surface area contributed by atoms with E-state index in [1.807, 2.05) is 24.3 Å². The first-order valence-electron chi connectivity index (χ1n) is 8.48. The molecule has 0 radical (unpaired) electrons. The van der Waals surface area contributed by atoms with E-state index in [0.717, 1.165) is 32.2 Å². The van der Waals surface area contributed by atoms with Crippen LogP contribution >= 0.6 is 11.8 Å². The van der Waals surface area contributed by atoms with Crippen LogP contribution in [-0.2, 0) is 20.5 Å². The number of ether oxygens (including phenoxy) is 1. The number of anilines is 1. The highest BCUT2D eigenvalue weighted by Crippen LogP contribution is 2.20. The number of aromatic nitrogens is 4. The molecule has 0 saturated carbocycles. The molecule has 3 aromatic rings. The van der Waals surface area contributed by atoms with Crippen molar-refractivity contribution in [3.05, 3.63) is 62.1 Å². The lowest BCUT2D eigenvalue weighted by molar-refractivity contribution is 0.102. The topological polar surface area (TPSA) is 135 Å². The molecule has 1 aromatic carbocycles. The van der Waals surface area contributed by atoms with E-state index < -0.39 is 17.0 Å². The van der Waals surface area contributed by atoms with Gasteiger partial charge in [-0.05, 0) is 17.7 Å². The minimum atomic E-state index is -0.734. The average Bonchev–Trinajstić information content (AvgIpc) is 3.17. The number of nitrogen functional groups attached to an aromatic ring is 1. The van der Waals surface area contributed by atoms with Crippen molar-refractivity contribution in [1.29, 1.82) is 0 Å². The van der Waals surface area contributed by atoms with Crippen molar-refractivity contribution in [3.63, 3.8) is 0 Å². The van der Waals surface area contributed by atoms with Gasteiger partial charge in [-0.1, -0.05) is 23.9 Å². The molecule has 3 rings (SSSR count). The average molecular weight is 417 g/mol. The fourth-order valence-corrected chi connectivity index (χ4v) is 3.26. The molecule has 0 aliphatic heterocycles. The van der Waals surface area contributed by atoms with E-state index in [9.17, 15) is 14.4 Å². The van der Waals surface area contributed by atoms with Gasteiger partial charge in [0.05, 0.1) is 19.3 Å². The maximum absolute atomic E-state index is 12.5. The van der Waals surface area contributed by atoms with E-state index in [2.05, 4.69) is 10.2 Å². The molecule has 11 heteroatoms. The number of nitrogens with zero attached hydrogens (tertiary/aromatic N) is 4. The van der Waals surface area contributed by atoms with E-state index in [0.29, 0.717) is 12.3 Å². The molecule has 0 amide bonds. The minimum absolute atomic E-state index is 0.137. The Hall–Kier alpha value is -3.34. The number of hydrogen-bond donors (Lipinski definition) is 1. The van der Waals surface area contributed by atoms with Crippen molar-refractivity contribution in [2.75, 3.05) is 18.6 Å². The van der Waals surface area contributed by atoms with Crippen LogP contribution in [0.15, 0.2) is 43.5 Å². The first kappa shape index (κ1) is 20.4. The molecule has 0 atom stereocenters. The molecule has 152 valence electrons. The Balaban J connectivity index is 1.69. The minimum Gasteiger partial charge on any atom is -0.497 e. The third kappa shape index (κ3) is 4.24. The zero-order valence-electron chi connectivity index (χ0n) is 16.0. The number of Topliss-reactive ketones (excluding diaryl/α,β-unsaturated/α-hetero) is 1. The number of carbonyl (C=O) groups is 1. The van der Waals surface area contributed by atoms with E-state index in [4.69, 9.17) is 14.9 Å². The molecule has 0 saturated heterocycles.